The fourth-order valence-electron chi connectivity index (χ4n) is 2.26. The van der Waals surface area contributed by atoms with E-state index in [2.05, 4.69) is 10.4 Å². The van der Waals surface area contributed by atoms with Crippen molar-refractivity contribution in [1.82, 2.24) is 15.1 Å². The number of nitro groups is 1. The number of rotatable bonds is 4. The second-order valence-electron chi connectivity index (χ2n) is 4.16. The zero-order valence-electron chi connectivity index (χ0n) is 9.35. The van der Waals surface area contributed by atoms with E-state index in [4.69, 9.17) is 0 Å². The lowest BCUT2D eigenvalue weighted by Crippen LogP contribution is -2.11. The number of nitrogens with zero attached hydrogens (tertiary/aromatic N) is 3. The number of hydrogen-bond acceptors (Lipinski definition) is 4. The normalized spacial score (nSPS) is 16.8. The highest BCUT2D eigenvalue weighted by Gasteiger charge is 2.28. The van der Waals surface area contributed by atoms with Crippen molar-refractivity contribution in [2.45, 2.75) is 38.3 Å². The van der Waals surface area contributed by atoms with Crippen molar-refractivity contribution in [3.8, 4) is 0 Å². The Hall–Kier alpha value is -1.43. The lowest BCUT2D eigenvalue weighted by molar-refractivity contribution is -0.393. The topological polar surface area (TPSA) is 73.0 Å². The van der Waals surface area contributed by atoms with E-state index in [0.29, 0.717) is 6.54 Å². The molecule has 1 aromatic rings. The van der Waals surface area contributed by atoms with Crippen LogP contribution < -0.4 is 5.32 Å². The zero-order valence-corrected chi connectivity index (χ0v) is 9.35. The molecule has 0 bridgehead atoms. The van der Waals surface area contributed by atoms with Gasteiger partial charge in [-0.1, -0.05) is 5.10 Å². The predicted molar refractivity (Wildman–Crippen MR) is 59.2 cm³/mol. The van der Waals surface area contributed by atoms with Crippen molar-refractivity contribution < 1.29 is 4.92 Å². The van der Waals surface area contributed by atoms with Crippen molar-refractivity contribution in [2.24, 2.45) is 0 Å². The SMILES string of the molecule is CNCc1cc([N+](=O)[O-])n(C2CCCC2)n1. The van der Waals surface area contributed by atoms with Gasteiger partial charge in [0.2, 0.25) is 0 Å². The first kappa shape index (κ1) is 11.1. The van der Waals surface area contributed by atoms with Crippen LogP contribution in [-0.4, -0.2) is 21.8 Å². The molecule has 1 aromatic heterocycles. The number of aromatic nitrogens is 2. The maximum Gasteiger partial charge on any atom is 0.345 e. The average Bonchev–Trinajstić information content (AvgIpc) is 2.83. The lowest BCUT2D eigenvalue weighted by Gasteiger charge is -2.05. The first-order valence-electron chi connectivity index (χ1n) is 5.60. The van der Waals surface area contributed by atoms with E-state index in [0.717, 1.165) is 31.4 Å². The lowest BCUT2D eigenvalue weighted by atomic mass is 10.2. The highest BCUT2D eigenvalue weighted by Crippen LogP contribution is 2.32. The van der Waals surface area contributed by atoms with Gasteiger partial charge in [-0.3, -0.25) is 0 Å². The summed E-state index contributed by atoms with van der Waals surface area (Å²) in [4.78, 5) is 10.6. The largest absolute Gasteiger partial charge is 0.358 e. The molecule has 16 heavy (non-hydrogen) atoms. The van der Waals surface area contributed by atoms with Gasteiger partial charge in [-0.15, -0.1) is 4.68 Å². The summed E-state index contributed by atoms with van der Waals surface area (Å²) in [6, 6.07) is 1.78. The van der Waals surface area contributed by atoms with Gasteiger partial charge in [-0.25, -0.2) is 0 Å². The van der Waals surface area contributed by atoms with Crippen molar-refractivity contribution in [3.05, 3.63) is 21.9 Å². The van der Waals surface area contributed by atoms with E-state index >= 15 is 0 Å². The Morgan fingerprint density at radius 2 is 2.31 bits per heavy atom. The summed E-state index contributed by atoms with van der Waals surface area (Å²) in [6.07, 6.45) is 4.29. The fourth-order valence-corrected chi connectivity index (χ4v) is 2.26. The third kappa shape index (κ3) is 2.06. The van der Waals surface area contributed by atoms with E-state index in [-0.39, 0.29) is 16.8 Å². The molecular weight excluding hydrogens is 208 g/mol. The fraction of sp³-hybridized carbons (Fsp3) is 0.700. The summed E-state index contributed by atoms with van der Waals surface area (Å²) in [5.74, 6) is 0.122. The van der Waals surface area contributed by atoms with Crippen LogP contribution in [0.15, 0.2) is 6.07 Å². The van der Waals surface area contributed by atoms with E-state index in [1.54, 1.807) is 17.8 Å². The van der Waals surface area contributed by atoms with Gasteiger partial charge in [-0.05, 0) is 37.7 Å². The Balaban J connectivity index is 2.29. The van der Waals surface area contributed by atoms with Gasteiger partial charge in [0.15, 0.2) is 0 Å². The summed E-state index contributed by atoms with van der Waals surface area (Å²) in [5, 5.41) is 18.2. The quantitative estimate of drug-likeness (QED) is 0.623. The van der Waals surface area contributed by atoms with Gasteiger partial charge in [-0.2, -0.15) is 0 Å². The molecule has 6 nitrogen and oxygen atoms in total. The maximum atomic E-state index is 10.9. The van der Waals surface area contributed by atoms with Crippen molar-refractivity contribution in [1.29, 1.82) is 0 Å². The molecule has 2 rings (SSSR count). The molecule has 0 unspecified atom stereocenters. The van der Waals surface area contributed by atoms with Gasteiger partial charge >= 0.3 is 5.82 Å². The molecule has 1 aliphatic rings. The molecule has 1 N–H and O–H groups in total. The number of hydrogen-bond donors (Lipinski definition) is 1. The van der Waals surface area contributed by atoms with Crippen LogP contribution in [0.25, 0.3) is 0 Å². The smallest absolute Gasteiger partial charge is 0.345 e. The van der Waals surface area contributed by atoms with Gasteiger partial charge in [0.25, 0.3) is 0 Å². The second kappa shape index (κ2) is 4.61. The first-order chi connectivity index (χ1) is 7.72. The summed E-state index contributed by atoms with van der Waals surface area (Å²) in [6.45, 7) is 0.570. The maximum absolute atomic E-state index is 10.9. The van der Waals surface area contributed by atoms with E-state index in [9.17, 15) is 10.1 Å². The molecule has 0 aliphatic heterocycles. The highest BCUT2D eigenvalue weighted by molar-refractivity contribution is 5.24. The Morgan fingerprint density at radius 1 is 1.62 bits per heavy atom. The molecule has 1 aliphatic carbocycles. The summed E-state index contributed by atoms with van der Waals surface area (Å²) >= 11 is 0. The van der Waals surface area contributed by atoms with Gasteiger partial charge in [0.1, 0.15) is 11.7 Å². The second-order valence-corrected chi connectivity index (χ2v) is 4.16. The Morgan fingerprint density at radius 3 is 2.88 bits per heavy atom. The van der Waals surface area contributed by atoms with Crippen molar-refractivity contribution in [2.75, 3.05) is 7.05 Å². The molecular formula is C10H16N4O2. The van der Waals surface area contributed by atoms with Crippen LogP contribution >= 0.6 is 0 Å². The van der Waals surface area contributed by atoms with Crippen LogP contribution in [0.2, 0.25) is 0 Å². The highest BCUT2D eigenvalue weighted by atomic mass is 16.6. The van der Waals surface area contributed by atoms with Gasteiger partial charge in [0.05, 0.1) is 6.07 Å². The molecule has 88 valence electrons. The Bertz CT molecular complexity index is 382. The van der Waals surface area contributed by atoms with Crippen LogP contribution in [0.4, 0.5) is 5.82 Å². The molecule has 0 aromatic carbocycles. The predicted octanol–water partition coefficient (Wildman–Crippen LogP) is 1.63. The third-order valence-electron chi connectivity index (χ3n) is 2.98. The molecule has 1 saturated carbocycles. The van der Waals surface area contributed by atoms with Crippen LogP contribution in [0.3, 0.4) is 0 Å². The molecule has 0 spiro atoms. The number of nitrogens with one attached hydrogen (secondary N) is 1. The van der Waals surface area contributed by atoms with Crippen LogP contribution in [0.1, 0.15) is 37.4 Å². The van der Waals surface area contributed by atoms with Gasteiger partial charge < -0.3 is 15.4 Å². The van der Waals surface area contributed by atoms with E-state index < -0.39 is 0 Å². The minimum Gasteiger partial charge on any atom is -0.358 e. The molecule has 0 atom stereocenters. The average molecular weight is 224 g/mol. The first-order valence-corrected chi connectivity index (χ1v) is 5.60. The zero-order chi connectivity index (χ0) is 11.5. The molecule has 6 heteroatoms. The van der Waals surface area contributed by atoms with Crippen LogP contribution in [0.5, 0.6) is 0 Å². The summed E-state index contributed by atoms with van der Waals surface area (Å²) in [5.41, 5.74) is 0.737. The van der Waals surface area contributed by atoms with Gasteiger partial charge in [0, 0.05) is 6.54 Å². The molecule has 0 radical (unpaired) electrons. The van der Waals surface area contributed by atoms with E-state index in [1.165, 1.54) is 0 Å². The molecule has 1 fully saturated rings. The van der Waals surface area contributed by atoms with Crippen LogP contribution in [-0.2, 0) is 6.54 Å². The molecule has 1 heterocycles. The minimum atomic E-state index is -0.343. The molecule has 0 saturated heterocycles. The standard InChI is InChI=1S/C10H16N4O2/c1-11-7-8-6-10(14(15)16)13(12-8)9-4-2-3-5-9/h6,9,11H,2-5,7H2,1H3. The Kier molecular flexibility index (Phi) is 3.19. The summed E-state index contributed by atoms with van der Waals surface area (Å²) < 4.78 is 1.60. The van der Waals surface area contributed by atoms with Crippen LogP contribution in [0, 0.1) is 10.1 Å². The third-order valence-corrected chi connectivity index (χ3v) is 2.98. The minimum absolute atomic E-state index is 0.122. The van der Waals surface area contributed by atoms with Crippen molar-refractivity contribution in [3.63, 3.8) is 0 Å². The van der Waals surface area contributed by atoms with E-state index in [1.807, 2.05) is 0 Å². The Labute approximate surface area is 93.8 Å². The summed E-state index contributed by atoms with van der Waals surface area (Å²) in [7, 11) is 1.81. The van der Waals surface area contributed by atoms with Crippen molar-refractivity contribution >= 4 is 5.82 Å². The monoisotopic (exact) mass is 224 g/mol. The molecule has 0 amide bonds.